The van der Waals surface area contributed by atoms with Crippen LogP contribution in [0.4, 0.5) is 0 Å². The molecule has 1 rings (SSSR count). The Balaban J connectivity index is 2.60. The highest BCUT2D eigenvalue weighted by atomic mass is 35.5. The predicted molar refractivity (Wildman–Crippen MR) is 71.0 cm³/mol. The molecule has 1 aromatic carbocycles. The molecule has 2 nitrogen and oxygen atoms in total. The fourth-order valence-electron chi connectivity index (χ4n) is 1.26. The van der Waals surface area contributed by atoms with E-state index in [1.54, 1.807) is 7.11 Å². The number of benzene rings is 1. The predicted octanol–water partition coefficient (Wildman–Crippen LogP) is 3.57. The zero-order valence-electron chi connectivity index (χ0n) is 9.66. The van der Waals surface area contributed by atoms with Crippen molar-refractivity contribution in [3.05, 3.63) is 23.8 Å². The number of halogens is 1. The van der Waals surface area contributed by atoms with Crippen molar-refractivity contribution in [3.8, 4) is 11.5 Å². The summed E-state index contributed by atoms with van der Waals surface area (Å²) in [4.78, 5) is 0. The van der Waals surface area contributed by atoms with Crippen LogP contribution in [0.2, 0.25) is 0 Å². The van der Waals surface area contributed by atoms with Crippen LogP contribution in [0.1, 0.15) is 12.5 Å². The molecule has 0 bridgehead atoms. The summed E-state index contributed by atoms with van der Waals surface area (Å²) in [7, 11) is 1.65. The third-order valence-corrected chi connectivity index (χ3v) is 3.26. The molecule has 0 aliphatic rings. The standard InChI is InChI=1S/C12H17ClO2S/c1-3-16-7-6-15-12-8-11(14-2)5-4-10(12)9-13/h4-5,8H,3,6-7,9H2,1-2H3. The lowest BCUT2D eigenvalue weighted by atomic mass is 10.2. The molecule has 90 valence electrons. The molecule has 0 N–H and O–H groups in total. The molecular weight excluding hydrogens is 244 g/mol. The largest absolute Gasteiger partial charge is 0.497 e. The van der Waals surface area contributed by atoms with Crippen LogP contribution in [0, 0.1) is 0 Å². The molecule has 0 fully saturated rings. The maximum Gasteiger partial charge on any atom is 0.127 e. The van der Waals surface area contributed by atoms with Crippen LogP contribution < -0.4 is 9.47 Å². The Morgan fingerprint density at radius 3 is 2.81 bits per heavy atom. The number of hydrogen-bond donors (Lipinski definition) is 0. The van der Waals surface area contributed by atoms with Crippen molar-refractivity contribution < 1.29 is 9.47 Å². The first-order valence-corrected chi connectivity index (χ1v) is 6.94. The van der Waals surface area contributed by atoms with Gasteiger partial charge in [0.15, 0.2) is 0 Å². The van der Waals surface area contributed by atoms with Gasteiger partial charge in [-0.2, -0.15) is 11.8 Å². The molecule has 0 aliphatic heterocycles. The maximum absolute atomic E-state index is 5.84. The van der Waals surface area contributed by atoms with Crippen LogP contribution in [0.15, 0.2) is 18.2 Å². The number of rotatable bonds is 7. The summed E-state index contributed by atoms with van der Waals surface area (Å²) in [5, 5.41) is 0. The topological polar surface area (TPSA) is 18.5 Å². The molecule has 4 heteroatoms. The zero-order chi connectivity index (χ0) is 11.8. The molecule has 0 saturated carbocycles. The normalized spacial score (nSPS) is 10.2. The first-order chi connectivity index (χ1) is 7.81. The van der Waals surface area contributed by atoms with E-state index in [-0.39, 0.29) is 0 Å². The van der Waals surface area contributed by atoms with Crippen LogP contribution in [-0.4, -0.2) is 25.2 Å². The lowest BCUT2D eigenvalue weighted by Gasteiger charge is -2.11. The van der Waals surface area contributed by atoms with Gasteiger partial charge in [-0.05, 0) is 11.8 Å². The second-order valence-electron chi connectivity index (χ2n) is 3.15. The van der Waals surface area contributed by atoms with Crippen molar-refractivity contribution in [2.24, 2.45) is 0 Å². The molecular formula is C12H17ClO2S. The average Bonchev–Trinajstić information content (AvgIpc) is 2.34. The molecule has 16 heavy (non-hydrogen) atoms. The van der Waals surface area contributed by atoms with Gasteiger partial charge >= 0.3 is 0 Å². The van der Waals surface area contributed by atoms with Crippen LogP contribution >= 0.6 is 23.4 Å². The summed E-state index contributed by atoms with van der Waals surface area (Å²) in [6, 6.07) is 5.72. The Kier molecular flexibility index (Phi) is 6.50. The lowest BCUT2D eigenvalue weighted by Crippen LogP contribution is -2.02. The van der Waals surface area contributed by atoms with Gasteiger partial charge < -0.3 is 9.47 Å². The van der Waals surface area contributed by atoms with Gasteiger partial charge in [0.05, 0.1) is 19.6 Å². The molecule has 0 spiro atoms. The number of methoxy groups -OCH3 is 1. The van der Waals surface area contributed by atoms with Gasteiger partial charge in [-0.3, -0.25) is 0 Å². The van der Waals surface area contributed by atoms with Crippen LogP contribution in [-0.2, 0) is 5.88 Å². The molecule has 0 amide bonds. The Labute approximate surface area is 106 Å². The van der Waals surface area contributed by atoms with Crippen molar-refractivity contribution in [2.45, 2.75) is 12.8 Å². The second-order valence-corrected chi connectivity index (χ2v) is 4.81. The average molecular weight is 261 g/mol. The van der Waals surface area contributed by atoms with E-state index in [9.17, 15) is 0 Å². The summed E-state index contributed by atoms with van der Waals surface area (Å²) < 4.78 is 10.8. The minimum Gasteiger partial charge on any atom is -0.497 e. The molecule has 0 aliphatic carbocycles. The van der Waals surface area contributed by atoms with Crippen molar-refractivity contribution in [3.63, 3.8) is 0 Å². The third-order valence-electron chi connectivity index (χ3n) is 2.11. The molecule has 0 aromatic heterocycles. The third kappa shape index (κ3) is 4.14. The molecule has 1 aromatic rings. The van der Waals surface area contributed by atoms with E-state index in [1.807, 2.05) is 30.0 Å². The number of hydrogen-bond acceptors (Lipinski definition) is 3. The highest BCUT2D eigenvalue weighted by molar-refractivity contribution is 7.99. The summed E-state index contributed by atoms with van der Waals surface area (Å²) in [6.07, 6.45) is 0. The van der Waals surface area contributed by atoms with E-state index in [0.29, 0.717) is 12.5 Å². The molecule has 0 atom stereocenters. The highest BCUT2D eigenvalue weighted by Gasteiger charge is 2.04. The quantitative estimate of drug-likeness (QED) is 0.552. The molecule has 0 unspecified atom stereocenters. The Morgan fingerprint density at radius 2 is 2.19 bits per heavy atom. The van der Waals surface area contributed by atoms with Crippen molar-refractivity contribution in [2.75, 3.05) is 25.2 Å². The Morgan fingerprint density at radius 1 is 1.38 bits per heavy atom. The van der Waals surface area contributed by atoms with Gasteiger partial charge in [-0.25, -0.2) is 0 Å². The van der Waals surface area contributed by atoms with Gasteiger partial charge in [-0.1, -0.05) is 13.0 Å². The number of thioether (sulfide) groups is 1. The smallest absolute Gasteiger partial charge is 0.127 e. The summed E-state index contributed by atoms with van der Waals surface area (Å²) in [5.74, 6) is 4.19. The van der Waals surface area contributed by atoms with E-state index in [1.165, 1.54) is 0 Å². The lowest BCUT2D eigenvalue weighted by molar-refractivity contribution is 0.337. The van der Waals surface area contributed by atoms with E-state index in [2.05, 4.69) is 6.92 Å². The second kappa shape index (κ2) is 7.69. The van der Waals surface area contributed by atoms with E-state index >= 15 is 0 Å². The summed E-state index contributed by atoms with van der Waals surface area (Å²) in [5.41, 5.74) is 1.00. The minimum atomic E-state index is 0.459. The minimum absolute atomic E-state index is 0.459. The van der Waals surface area contributed by atoms with Gasteiger partial charge in [0.1, 0.15) is 11.5 Å². The first-order valence-electron chi connectivity index (χ1n) is 5.25. The van der Waals surface area contributed by atoms with E-state index < -0.39 is 0 Å². The Hall–Kier alpha value is -0.540. The van der Waals surface area contributed by atoms with Crippen molar-refractivity contribution >= 4 is 23.4 Å². The van der Waals surface area contributed by atoms with E-state index in [0.717, 1.165) is 28.6 Å². The van der Waals surface area contributed by atoms with Crippen LogP contribution in [0.5, 0.6) is 11.5 Å². The fraction of sp³-hybridized carbons (Fsp3) is 0.500. The van der Waals surface area contributed by atoms with Gasteiger partial charge in [-0.15, -0.1) is 11.6 Å². The van der Waals surface area contributed by atoms with Gasteiger partial charge in [0.2, 0.25) is 0 Å². The van der Waals surface area contributed by atoms with Crippen molar-refractivity contribution in [1.29, 1.82) is 0 Å². The van der Waals surface area contributed by atoms with Crippen molar-refractivity contribution in [1.82, 2.24) is 0 Å². The summed E-state index contributed by atoms with van der Waals surface area (Å²) >= 11 is 7.70. The molecule has 0 radical (unpaired) electrons. The van der Waals surface area contributed by atoms with Crippen LogP contribution in [0.25, 0.3) is 0 Å². The maximum atomic E-state index is 5.84. The highest BCUT2D eigenvalue weighted by Crippen LogP contribution is 2.26. The van der Waals surface area contributed by atoms with E-state index in [4.69, 9.17) is 21.1 Å². The number of alkyl halides is 1. The van der Waals surface area contributed by atoms with Gasteiger partial charge in [0, 0.05) is 17.4 Å². The number of ether oxygens (including phenoxy) is 2. The molecule has 0 saturated heterocycles. The summed E-state index contributed by atoms with van der Waals surface area (Å²) in [6.45, 7) is 2.84. The SMILES string of the molecule is CCSCCOc1cc(OC)ccc1CCl. The monoisotopic (exact) mass is 260 g/mol. The van der Waals surface area contributed by atoms with Crippen LogP contribution in [0.3, 0.4) is 0 Å². The fourth-order valence-corrected chi connectivity index (χ4v) is 1.97. The first kappa shape index (κ1) is 13.5. The Bertz CT molecular complexity index is 318. The molecule has 0 heterocycles. The zero-order valence-corrected chi connectivity index (χ0v) is 11.2. The van der Waals surface area contributed by atoms with Gasteiger partial charge in [0.25, 0.3) is 0 Å².